The molecule has 0 radical (unpaired) electrons. The van der Waals surface area contributed by atoms with Crippen LogP contribution >= 0.6 is 12.4 Å². The molecule has 1 rings (SSSR count). The minimum atomic E-state index is -3.50. The quantitative estimate of drug-likeness (QED) is 0.704. The molecule has 0 spiro atoms. The van der Waals surface area contributed by atoms with Gasteiger partial charge < -0.3 is 11.1 Å². The molecule has 1 saturated carbocycles. The lowest BCUT2D eigenvalue weighted by molar-refractivity contribution is -0.119. The molecule has 3 N–H and O–H groups in total. The van der Waals surface area contributed by atoms with E-state index >= 15 is 0 Å². The van der Waals surface area contributed by atoms with Gasteiger partial charge in [-0.2, -0.15) is 0 Å². The number of rotatable bonds is 7. The van der Waals surface area contributed by atoms with Crippen LogP contribution in [0.5, 0.6) is 0 Å². The van der Waals surface area contributed by atoms with Gasteiger partial charge in [-0.1, -0.05) is 20.3 Å². The number of nitrogens with two attached hydrogens (primary N) is 1. The van der Waals surface area contributed by atoms with Gasteiger partial charge in [-0.15, -0.1) is 12.4 Å². The molecular formula is C12H26ClN3O3S. The average molecular weight is 328 g/mol. The lowest BCUT2D eigenvalue weighted by atomic mass is 10.0. The normalized spacial score (nSPS) is 22.6. The van der Waals surface area contributed by atoms with E-state index < -0.39 is 21.7 Å². The molecule has 0 aromatic rings. The van der Waals surface area contributed by atoms with Crippen LogP contribution in [0.15, 0.2) is 0 Å². The predicted octanol–water partition coefficient (Wildman–Crippen LogP) is 0.323. The van der Waals surface area contributed by atoms with Crippen molar-refractivity contribution in [2.45, 2.75) is 39.2 Å². The van der Waals surface area contributed by atoms with Crippen LogP contribution in [0.1, 0.15) is 33.1 Å². The molecule has 2 atom stereocenters. The van der Waals surface area contributed by atoms with Crippen LogP contribution in [-0.2, 0) is 14.8 Å². The summed E-state index contributed by atoms with van der Waals surface area (Å²) in [5, 5.41) is 2.81. The molecule has 120 valence electrons. The third-order valence-electron chi connectivity index (χ3n) is 3.72. The molecule has 0 heterocycles. The molecule has 0 bridgehead atoms. The van der Waals surface area contributed by atoms with E-state index in [4.69, 9.17) is 5.73 Å². The van der Waals surface area contributed by atoms with Gasteiger partial charge in [0.1, 0.15) is 5.75 Å². The number of amides is 1. The van der Waals surface area contributed by atoms with Gasteiger partial charge in [-0.25, -0.2) is 12.7 Å². The molecule has 6 nitrogen and oxygen atoms in total. The van der Waals surface area contributed by atoms with Crippen LogP contribution in [0, 0.1) is 5.92 Å². The van der Waals surface area contributed by atoms with Crippen LogP contribution in [0.2, 0.25) is 0 Å². The van der Waals surface area contributed by atoms with Crippen molar-refractivity contribution < 1.29 is 13.2 Å². The van der Waals surface area contributed by atoms with Crippen molar-refractivity contribution in [1.29, 1.82) is 0 Å². The van der Waals surface area contributed by atoms with Crippen LogP contribution in [0.4, 0.5) is 0 Å². The summed E-state index contributed by atoms with van der Waals surface area (Å²) >= 11 is 0. The van der Waals surface area contributed by atoms with Crippen molar-refractivity contribution >= 4 is 28.3 Å². The van der Waals surface area contributed by atoms with E-state index in [2.05, 4.69) is 5.32 Å². The van der Waals surface area contributed by atoms with Crippen LogP contribution < -0.4 is 11.1 Å². The van der Waals surface area contributed by atoms with Gasteiger partial charge in [0.15, 0.2) is 0 Å². The first-order valence-corrected chi connectivity index (χ1v) is 8.52. The predicted molar refractivity (Wildman–Crippen MR) is 82.3 cm³/mol. The van der Waals surface area contributed by atoms with Crippen LogP contribution in [0.25, 0.3) is 0 Å². The van der Waals surface area contributed by atoms with Gasteiger partial charge >= 0.3 is 0 Å². The monoisotopic (exact) mass is 327 g/mol. The first-order valence-electron chi connectivity index (χ1n) is 6.91. The van der Waals surface area contributed by atoms with E-state index in [1.807, 2.05) is 0 Å². The third kappa shape index (κ3) is 5.20. The molecular weight excluding hydrogens is 302 g/mol. The smallest absolute Gasteiger partial charge is 0.236 e. The largest absolute Gasteiger partial charge is 0.352 e. The maximum atomic E-state index is 12.0. The third-order valence-corrected chi connectivity index (χ3v) is 5.65. The molecule has 1 aliphatic rings. The number of carbonyl (C=O) groups is 1. The highest BCUT2D eigenvalue weighted by molar-refractivity contribution is 7.89. The van der Waals surface area contributed by atoms with E-state index in [1.165, 1.54) is 4.31 Å². The molecule has 20 heavy (non-hydrogen) atoms. The Morgan fingerprint density at radius 1 is 1.30 bits per heavy atom. The molecule has 1 aliphatic carbocycles. The summed E-state index contributed by atoms with van der Waals surface area (Å²) < 4.78 is 25.2. The van der Waals surface area contributed by atoms with Gasteiger partial charge in [0.25, 0.3) is 0 Å². The SMILES string of the molecule is CCN(CC)S(=O)(=O)CC(=O)NC1CCCC1CN.Cl. The highest BCUT2D eigenvalue weighted by atomic mass is 35.5. The maximum absolute atomic E-state index is 12.0. The van der Waals surface area contributed by atoms with Gasteiger partial charge in [0.05, 0.1) is 0 Å². The second kappa shape index (κ2) is 8.81. The zero-order valence-corrected chi connectivity index (χ0v) is 13.8. The first kappa shape index (κ1) is 19.6. The fourth-order valence-corrected chi connectivity index (χ4v) is 4.02. The van der Waals surface area contributed by atoms with Crippen molar-refractivity contribution in [3.63, 3.8) is 0 Å². The van der Waals surface area contributed by atoms with E-state index in [-0.39, 0.29) is 24.4 Å². The molecule has 1 fully saturated rings. The van der Waals surface area contributed by atoms with Gasteiger partial charge in [-0.05, 0) is 25.3 Å². The number of halogens is 1. The molecule has 2 unspecified atom stereocenters. The lowest BCUT2D eigenvalue weighted by Gasteiger charge is -2.21. The Hall–Kier alpha value is -0.370. The van der Waals surface area contributed by atoms with Gasteiger partial charge in [0, 0.05) is 19.1 Å². The minimum Gasteiger partial charge on any atom is -0.352 e. The highest BCUT2D eigenvalue weighted by Gasteiger charge is 2.29. The summed E-state index contributed by atoms with van der Waals surface area (Å²) in [5.74, 6) is -0.611. The minimum absolute atomic E-state index is 0. The summed E-state index contributed by atoms with van der Waals surface area (Å²) in [6.45, 7) is 4.84. The Balaban J connectivity index is 0.00000361. The summed E-state index contributed by atoms with van der Waals surface area (Å²) in [7, 11) is -3.50. The van der Waals surface area contributed by atoms with Crippen molar-refractivity contribution in [2.75, 3.05) is 25.4 Å². The van der Waals surface area contributed by atoms with E-state index in [1.54, 1.807) is 13.8 Å². The van der Waals surface area contributed by atoms with Crippen LogP contribution in [0.3, 0.4) is 0 Å². The second-order valence-corrected chi connectivity index (χ2v) is 6.91. The summed E-state index contributed by atoms with van der Waals surface area (Å²) in [5.41, 5.74) is 5.64. The molecule has 0 aromatic carbocycles. The maximum Gasteiger partial charge on any atom is 0.236 e. The second-order valence-electron chi connectivity index (χ2n) is 4.94. The number of nitrogens with one attached hydrogen (secondary N) is 1. The Kier molecular flexibility index (Phi) is 8.65. The van der Waals surface area contributed by atoms with E-state index in [9.17, 15) is 13.2 Å². The topological polar surface area (TPSA) is 92.5 Å². The fourth-order valence-electron chi connectivity index (χ4n) is 2.63. The Bertz CT molecular complexity index is 399. The fraction of sp³-hybridized carbons (Fsp3) is 0.917. The molecule has 0 aliphatic heterocycles. The molecule has 1 amide bonds. The number of hydrogen-bond acceptors (Lipinski definition) is 4. The zero-order valence-electron chi connectivity index (χ0n) is 12.2. The van der Waals surface area contributed by atoms with Crippen molar-refractivity contribution in [1.82, 2.24) is 9.62 Å². The summed E-state index contributed by atoms with van der Waals surface area (Å²) in [6.07, 6.45) is 2.93. The molecule has 8 heteroatoms. The zero-order chi connectivity index (χ0) is 14.5. The van der Waals surface area contributed by atoms with E-state index in [0.717, 1.165) is 19.3 Å². The summed E-state index contributed by atoms with van der Waals surface area (Å²) in [4.78, 5) is 11.9. The average Bonchev–Trinajstić information content (AvgIpc) is 2.76. The Morgan fingerprint density at radius 2 is 1.90 bits per heavy atom. The number of hydrogen-bond donors (Lipinski definition) is 2. The van der Waals surface area contributed by atoms with Crippen molar-refractivity contribution in [2.24, 2.45) is 11.7 Å². The first-order chi connectivity index (χ1) is 8.94. The van der Waals surface area contributed by atoms with Crippen molar-refractivity contribution in [3.05, 3.63) is 0 Å². The number of sulfonamides is 1. The van der Waals surface area contributed by atoms with Crippen molar-refractivity contribution in [3.8, 4) is 0 Å². The van der Waals surface area contributed by atoms with Gasteiger partial charge in [-0.3, -0.25) is 4.79 Å². The van der Waals surface area contributed by atoms with E-state index in [0.29, 0.717) is 19.6 Å². The Labute approximate surface area is 127 Å². The number of nitrogens with zero attached hydrogens (tertiary/aromatic N) is 1. The van der Waals surface area contributed by atoms with Crippen LogP contribution in [-0.4, -0.2) is 50.1 Å². The Morgan fingerprint density at radius 3 is 2.40 bits per heavy atom. The summed E-state index contributed by atoms with van der Waals surface area (Å²) in [6, 6.07) is 0.0319. The standard InChI is InChI=1S/C12H25N3O3S.ClH/c1-3-15(4-2)19(17,18)9-12(16)14-11-7-5-6-10(11)8-13;/h10-11H,3-9,13H2,1-2H3,(H,14,16);1H. The molecule has 0 saturated heterocycles. The van der Waals surface area contributed by atoms with Gasteiger partial charge in [0.2, 0.25) is 15.9 Å². The number of carbonyl (C=O) groups excluding carboxylic acids is 1. The lowest BCUT2D eigenvalue weighted by Crippen LogP contribution is -2.45. The highest BCUT2D eigenvalue weighted by Crippen LogP contribution is 2.24. The molecule has 0 aromatic heterocycles.